The number of Topliss-reactive ketones (excluding diaryl/α,β-unsaturated/α-hetero) is 1. The van der Waals surface area contributed by atoms with Gasteiger partial charge in [0.25, 0.3) is 0 Å². The Morgan fingerprint density at radius 2 is 1.90 bits per heavy atom. The number of allylic oxidation sites excluding steroid dienone is 1. The van der Waals surface area contributed by atoms with Crippen LogP contribution in [0.5, 0.6) is 0 Å². The molecule has 0 bridgehead atoms. The first kappa shape index (κ1) is 15.6. The van der Waals surface area contributed by atoms with Crippen molar-refractivity contribution in [2.75, 3.05) is 6.61 Å². The lowest BCUT2D eigenvalue weighted by atomic mass is 9.85. The Balaban J connectivity index is 2.43. The van der Waals surface area contributed by atoms with Gasteiger partial charge in [-0.1, -0.05) is 23.7 Å². The number of halogens is 1. The maximum Gasteiger partial charge on any atom is 0.348 e. The van der Waals surface area contributed by atoms with E-state index >= 15 is 0 Å². The molecule has 1 aliphatic heterocycles. The second-order valence-corrected chi connectivity index (χ2v) is 5.28. The highest BCUT2D eigenvalue weighted by molar-refractivity contribution is 6.30. The first-order valence-electron chi connectivity index (χ1n) is 6.76. The number of hydrogen-bond acceptors (Lipinski definition) is 4. The molecular weight excluding hydrogens is 292 g/mol. The smallest absolute Gasteiger partial charge is 0.348 e. The molecule has 0 fully saturated rings. The Hall–Kier alpha value is -1.81. The molecular formula is C16H17ClO4. The fraction of sp³-hybridized carbons (Fsp3) is 0.375. The standard InChI is InChI=1S/C16H17ClO4/c1-4-20-16(19)15-14(11-5-7-12(17)8-6-11)13(9(2)18)10(3)21-15/h5-8,14-15H,4H2,1-3H3/t14-,15-/m0/s1. The van der Waals surface area contributed by atoms with Gasteiger partial charge in [0.2, 0.25) is 6.10 Å². The molecule has 2 rings (SSSR count). The topological polar surface area (TPSA) is 52.6 Å². The Kier molecular flexibility index (Phi) is 4.68. The molecule has 2 atom stereocenters. The number of ketones is 1. The van der Waals surface area contributed by atoms with Crippen molar-refractivity contribution in [3.05, 3.63) is 46.2 Å². The van der Waals surface area contributed by atoms with Crippen LogP contribution in [-0.4, -0.2) is 24.5 Å². The summed E-state index contributed by atoms with van der Waals surface area (Å²) in [4.78, 5) is 24.0. The number of ether oxygens (including phenoxy) is 2. The summed E-state index contributed by atoms with van der Waals surface area (Å²) in [6, 6.07) is 7.04. The SMILES string of the molecule is CCOC(=O)[C@H]1OC(C)=C(C(C)=O)[C@@H]1c1ccc(Cl)cc1. The Morgan fingerprint density at radius 1 is 1.29 bits per heavy atom. The van der Waals surface area contributed by atoms with Crippen LogP contribution >= 0.6 is 11.6 Å². The van der Waals surface area contributed by atoms with Crippen molar-refractivity contribution in [1.29, 1.82) is 0 Å². The number of hydrogen-bond donors (Lipinski definition) is 0. The highest BCUT2D eigenvalue weighted by Gasteiger charge is 2.43. The third-order valence-corrected chi connectivity index (χ3v) is 3.68. The van der Waals surface area contributed by atoms with Crippen LogP contribution in [0.25, 0.3) is 0 Å². The predicted molar refractivity (Wildman–Crippen MR) is 79.1 cm³/mol. The highest BCUT2D eigenvalue weighted by Crippen LogP contribution is 2.40. The zero-order chi connectivity index (χ0) is 15.6. The van der Waals surface area contributed by atoms with E-state index in [9.17, 15) is 9.59 Å². The lowest BCUT2D eigenvalue weighted by Crippen LogP contribution is -2.30. The molecule has 5 heteroatoms. The molecule has 1 aliphatic rings. The van der Waals surface area contributed by atoms with E-state index in [4.69, 9.17) is 21.1 Å². The summed E-state index contributed by atoms with van der Waals surface area (Å²) < 4.78 is 10.6. The predicted octanol–water partition coefficient (Wildman–Crippen LogP) is 3.25. The van der Waals surface area contributed by atoms with Crippen LogP contribution in [0, 0.1) is 0 Å². The highest BCUT2D eigenvalue weighted by atomic mass is 35.5. The van der Waals surface area contributed by atoms with Gasteiger partial charge in [0.1, 0.15) is 5.76 Å². The van der Waals surface area contributed by atoms with E-state index in [2.05, 4.69) is 0 Å². The summed E-state index contributed by atoms with van der Waals surface area (Å²) in [6.45, 7) is 5.16. The summed E-state index contributed by atoms with van der Waals surface area (Å²) in [5.74, 6) is -0.563. The van der Waals surface area contributed by atoms with Crippen molar-refractivity contribution >= 4 is 23.4 Å². The van der Waals surface area contributed by atoms with Crippen LogP contribution in [0.1, 0.15) is 32.3 Å². The van der Waals surface area contributed by atoms with Gasteiger partial charge in [-0.3, -0.25) is 4.79 Å². The second-order valence-electron chi connectivity index (χ2n) is 4.85. The number of carbonyl (C=O) groups is 2. The average Bonchev–Trinajstić information content (AvgIpc) is 2.77. The second kappa shape index (κ2) is 6.31. The molecule has 0 aromatic heterocycles. The largest absolute Gasteiger partial charge is 0.482 e. The number of benzene rings is 1. The molecule has 0 amide bonds. The molecule has 1 aromatic rings. The van der Waals surface area contributed by atoms with Crippen molar-refractivity contribution in [3.8, 4) is 0 Å². The molecule has 0 unspecified atom stereocenters. The van der Waals surface area contributed by atoms with E-state index in [1.165, 1.54) is 6.92 Å². The molecule has 0 saturated heterocycles. The normalized spacial score (nSPS) is 21.1. The van der Waals surface area contributed by atoms with Gasteiger partial charge >= 0.3 is 5.97 Å². The minimum atomic E-state index is -0.829. The lowest BCUT2D eigenvalue weighted by Gasteiger charge is -2.19. The number of esters is 1. The van der Waals surface area contributed by atoms with E-state index < -0.39 is 18.0 Å². The minimum Gasteiger partial charge on any atom is -0.482 e. The van der Waals surface area contributed by atoms with Gasteiger partial charge in [-0.15, -0.1) is 0 Å². The van der Waals surface area contributed by atoms with Crippen molar-refractivity contribution in [3.63, 3.8) is 0 Å². The summed E-state index contributed by atoms with van der Waals surface area (Å²) in [5, 5.41) is 0.593. The Morgan fingerprint density at radius 3 is 2.43 bits per heavy atom. The van der Waals surface area contributed by atoms with Gasteiger partial charge in [0.05, 0.1) is 12.5 Å². The zero-order valence-corrected chi connectivity index (χ0v) is 12.9. The molecule has 1 heterocycles. The van der Waals surface area contributed by atoms with Crippen LogP contribution in [0.15, 0.2) is 35.6 Å². The number of carbonyl (C=O) groups excluding carboxylic acids is 2. The Labute approximate surface area is 128 Å². The van der Waals surface area contributed by atoms with E-state index in [1.807, 2.05) is 0 Å². The molecule has 0 aliphatic carbocycles. The van der Waals surface area contributed by atoms with Crippen molar-refractivity contribution in [1.82, 2.24) is 0 Å². The van der Waals surface area contributed by atoms with Gasteiger partial charge < -0.3 is 9.47 Å². The molecule has 0 radical (unpaired) electrons. The van der Waals surface area contributed by atoms with Gasteiger partial charge in [-0.2, -0.15) is 0 Å². The first-order chi connectivity index (χ1) is 9.95. The third kappa shape index (κ3) is 3.10. The van der Waals surface area contributed by atoms with E-state index in [-0.39, 0.29) is 12.4 Å². The number of rotatable bonds is 4. The summed E-state index contributed by atoms with van der Waals surface area (Å²) in [5.41, 5.74) is 1.31. The molecule has 0 N–H and O–H groups in total. The quantitative estimate of drug-likeness (QED) is 0.801. The van der Waals surface area contributed by atoms with Crippen LogP contribution in [0.3, 0.4) is 0 Å². The molecule has 0 spiro atoms. The van der Waals surface area contributed by atoms with Crippen LogP contribution < -0.4 is 0 Å². The van der Waals surface area contributed by atoms with Crippen LogP contribution in [0.2, 0.25) is 5.02 Å². The van der Waals surface area contributed by atoms with Gasteiger partial charge in [-0.05, 0) is 38.5 Å². The molecule has 112 valence electrons. The Bertz CT molecular complexity index is 589. The summed E-state index contributed by atoms with van der Waals surface area (Å²) in [7, 11) is 0. The van der Waals surface area contributed by atoms with Crippen LogP contribution in [0.4, 0.5) is 0 Å². The first-order valence-corrected chi connectivity index (χ1v) is 7.14. The minimum absolute atomic E-state index is 0.112. The van der Waals surface area contributed by atoms with Gasteiger partial charge in [0, 0.05) is 10.6 Å². The van der Waals surface area contributed by atoms with E-state index in [0.717, 1.165) is 5.56 Å². The molecule has 1 aromatic carbocycles. The summed E-state index contributed by atoms with van der Waals surface area (Å²) in [6.07, 6.45) is -0.829. The van der Waals surface area contributed by atoms with Crippen molar-refractivity contribution < 1.29 is 19.1 Å². The van der Waals surface area contributed by atoms with Gasteiger partial charge in [0.15, 0.2) is 5.78 Å². The fourth-order valence-electron chi connectivity index (χ4n) is 2.58. The van der Waals surface area contributed by atoms with Crippen molar-refractivity contribution in [2.24, 2.45) is 0 Å². The average molecular weight is 309 g/mol. The maximum absolute atomic E-state index is 12.1. The van der Waals surface area contributed by atoms with E-state index in [1.54, 1.807) is 38.1 Å². The monoisotopic (exact) mass is 308 g/mol. The summed E-state index contributed by atoms with van der Waals surface area (Å²) >= 11 is 5.89. The third-order valence-electron chi connectivity index (χ3n) is 3.42. The fourth-order valence-corrected chi connectivity index (χ4v) is 2.71. The maximum atomic E-state index is 12.1. The molecule has 21 heavy (non-hydrogen) atoms. The van der Waals surface area contributed by atoms with Crippen LogP contribution in [-0.2, 0) is 19.1 Å². The molecule has 4 nitrogen and oxygen atoms in total. The molecule has 0 saturated carbocycles. The zero-order valence-electron chi connectivity index (χ0n) is 12.2. The van der Waals surface area contributed by atoms with E-state index in [0.29, 0.717) is 16.4 Å². The van der Waals surface area contributed by atoms with Gasteiger partial charge in [-0.25, -0.2) is 4.79 Å². The van der Waals surface area contributed by atoms with Crippen molar-refractivity contribution in [2.45, 2.75) is 32.8 Å². The lowest BCUT2D eigenvalue weighted by molar-refractivity contribution is -0.153.